The number of para-hydroxylation sites is 1. The first-order valence-corrected chi connectivity index (χ1v) is 7.87. The highest BCUT2D eigenvalue weighted by Crippen LogP contribution is 2.31. The third kappa shape index (κ3) is 2.90. The highest BCUT2D eigenvalue weighted by Gasteiger charge is 2.20. The van der Waals surface area contributed by atoms with E-state index in [-0.39, 0.29) is 5.82 Å². The van der Waals surface area contributed by atoms with Crippen LogP contribution in [-0.2, 0) is 6.42 Å². The predicted molar refractivity (Wildman–Crippen MR) is 91.3 cm³/mol. The minimum atomic E-state index is -0.299. The summed E-state index contributed by atoms with van der Waals surface area (Å²) in [6.07, 6.45) is 3.63. The maximum absolute atomic E-state index is 13.3. The van der Waals surface area contributed by atoms with Gasteiger partial charge in [-0.1, -0.05) is 24.3 Å². The molecule has 0 atom stereocenters. The molecule has 0 amide bonds. The fraction of sp³-hybridized carbons (Fsp3) is 0.167. The van der Waals surface area contributed by atoms with Gasteiger partial charge in [-0.05, 0) is 42.7 Å². The molecule has 0 radical (unpaired) electrons. The molecule has 1 N–H and O–H groups in total. The summed E-state index contributed by atoms with van der Waals surface area (Å²) in [6, 6.07) is 14.5. The van der Waals surface area contributed by atoms with Gasteiger partial charge in [-0.2, -0.15) is 10.1 Å². The fourth-order valence-corrected chi connectivity index (χ4v) is 2.92. The molecule has 0 bridgehead atoms. The monoisotopic (exact) mass is 321 g/mol. The molecule has 0 spiro atoms. The Morgan fingerprint density at radius 2 is 2.00 bits per heavy atom. The van der Waals surface area contributed by atoms with Crippen LogP contribution in [-0.4, -0.2) is 21.7 Å². The number of aryl methyl sites for hydroxylation is 1. The quantitative estimate of drug-likeness (QED) is 0.794. The van der Waals surface area contributed by atoms with Gasteiger partial charge in [0.2, 0.25) is 0 Å². The van der Waals surface area contributed by atoms with Gasteiger partial charge in [-0.15, -0.1) is 5.10 Å². The smallest absolute Gasteiger partial charge is 0.251 e. The van der Waals surface area contributed by atoms with Crippen LogP contribution in [0.25, 0.3) is 0 Å². The second kappa shape index (κ2) is 6.23. The van der Waals surface area contributed by atoms with Gasteiger partial charge in [0.15, 0.2) is 5.82 Å². The van der Waals surface area contributed by atoms with E-state index in [2.05, 4.69) is 37.5 Å². The molecule has 0 fully saturated rings. The van der Waals surface area contributed by atoms with Crippen molar-refractivity contribution in [1.82, 2.24) is 15.2 Å². The summed E-state index contributed by atoms with van der Waals surface area (Å²) in [4.78, 5) is 6.61. The van der Waals surface area contributed by atoms with Crippen LogP contribution in [0.3, 0.4) is 0 Å². The number of rotatable bonds is 3. The largest absolute Gasteiger partial charge is 0.339 e. The number of fused-ring (bicyclic) bond motifs is 1. The Hall–Kier alpha value is -3.02. The van der Waals surface area contributed by atoms with Crippen molar-refractivity contribution in [2.75, 3.05) is 16.8 Å². The molecule has 2 heterocycles. The predicted octanol–water partition coefficient (Wildman–Crippen LogP) is 3.84. The average molecular weight is 321 g/mol. The zero-order valence-electron chi connectivity index (χ0n) is 13.0. The maximum atomic E-state index is 13.3. The zero-order chi connectivity index (χ0) is 16.4. The first-order valence-electron chi connectivity index (χ1n) is 7.87. The summed E-state index contributed by atoms with van der Waals surface area (Å²) in [6.45, 7) is 0.849. The van der Waals surface area contributed by atoms with Gasteiger partial charge in [0.1, 0.15) is 5.82 Å². The van der Waals surface area contributed by atoms with Gasteiger partial charge in [-0.25, -0.2) is 4.39 Å². The van der Waals surface area contributed by atoms with E-state index in [1.54, 1.807) is 12.1 Å². The van der Waals surface area contributed by atoms with Crippen molar-refractivity contribution in [1.29, 1.82) is 0 Å². The topological polar surface area (TPSA) is 53.9 Å². The number of anilines is 4. The zero-order valence-corrected chi connectivity index (χ0v) is 13.0. The Balaban J connectivity index is 1.64. The van der Waals surface area contributed by atoms with Gasteiger partial charge in [0.25, 0.3) is 5.95 Å². The Bertz CT molecular complexity index is 867. The summed E-state index contributed by atoms with van der Waals surface area (Å²) in [5, 5.41) is 11.3. The summed E-state index contributed by atoms with van der Waals surface area (Å²) >= 11 is 0. The van der Waals surface area contributed by atoms with Crippen molar-refractivity contribution >= 4 is 23.1 Å². The first kappa shape index (κ1) is 14.6. The Labute approximate surface area is 139 Å². The minimum absolute atomic E-state index is 0.299. The van der Waals surface area contributed by atoms with E-state index in [0.717, 1.165) is 25.1 Å². The summed E-state index contributed by atoms with van der Waals surface area (Å²) in [5.41, 5.74) is 3.03. The van der Waals surface area contributed by atoms with Crippen molar-refractivity contribution in [3.05, 3.63) is 66.1 Å². The number of hydrogen-bond acceptors (Lipinski definition) is 5. The van der Waals surface area contributed by atoms with E-state index in [1.807, 2.05) is 12.1 Å². The van der Waals surface area contributed by atoms with Gasteiger partial charge in [0, 0.05) is 17.9 Å². The molecule has 0 saturated carbocycles. The first-order chi connectivity index (χ1) is 11.8. The molecule has 0 saturated heterocycles. The lowest BCUT2D eigenvalue weighted by molar-refractivity contribution is 0.628. The van der Waals surface area contributed by atoms with Gasteiger partial charge in [0.05, 0.1) is 6.20 Å². The highest BCUT2D eigenvalue weighted by molar-refractivity contribution is 5.64. The number of halogens is 1. The fourth-order valence-electron chi connectivity index (χ4n) is 2.92. The van der Waals surface area contributed by atoms with Crippen molar-refractivity contribution in [2.24, 2.45) is 0 Å². The highest BCUT2D eigenvalue weighted by atomic mass is 19.1. The lowest BCUT2D eigenvalue weighted by Gasteiger charge is -2.29. The molecule has 4 rings (SSSR count). The van der Waals surface area contributed by atoms with Crippen LogP contribution in [0.1, 0.15) is 12.0 Å². The Kier molecular flexibility index (Phi) is 3.78. The van der Waals surface area contributed by atoms with Crippen LogP contribution in [0.5, 0.6) is 0 Å². The van der Waals surface area contributed by atoms with Gasteiger partial charge in [-0.3, -0.25) is 0 Å². The van der Waals surface area contributed by atoms with Crippen LogP contribution in [0.15, 0.2) is 54.7 Å². The molecule has 5 nitrogen and oxygen atoms in total. The van der Waals surface area contributed by atoms with Gasteiger partial charge >= 0.3 is 0 Å². The van der Waals surface area contributed by atoms with Crippen molar-refractivity contribution in [3.8, 4) is 0 Å². The second-order valence-electron chi connectivity index (χ2n) is 5.66. The van der Waals surface area contributed by atoms with Crippen LogP contribution in [0, 0.1) is 5.82 Å². The van der Waals surface area contributed by atoms with E-state index in [9.17, 15) is 4.39 Å². The van der Waals surface area contributed by atoms with E-state index in [1.165, 1.54) is 23.9 Å². The van der Waals surface area contributed by atoms with Crippen molar-refractivity contribution < 1.29 is 4.39 Å². The normalized spacial score (nSPS) is 13.5. The molecule has 3 aromatic rings. The molecular formula is C18H16FN5. The standard InChI is InChI=1S/C18H16FN5/c19-14-7-3-8-15(11-14)21-17-12-20-23-18(22-17)24-10-4-6-13-5-1-2-9-16(13)24/h1-3,5,7-9,11-12H,4,6,10H2,(H,21,22,23). The van der Waals surface area contributed by atoms with Crippen LogP contribution in [0.4, 0.5) is 27.5 Å². The molecule has 0 unspecified atom stereocenters. The molecule has 120 valence electrons. The number of nitrogens with one attached hydrogen (secondary N) is 1. The van der Waals surface area contributed by atoms with Crippen LogP contribution >= 0.6 is 0 Å². The summed E-state index contributed by atoms with van der Waals surface area (Å²) in [5.74, 6) is 0.782. The molecule has 2 aromatic carbocycles. The molecule has 0 aliphatic carbocycles. The molecule has 24 heavy (non-hydrogen) atoms. The third-order valence-electron chi connectivity index (χ3n) is 4.00. The second-order valence-corrected chi connectivity index (χ2v) is 5.66. The van der Waals surface area contributed by atoms with Crippen molar-refractivity contribution in [3.63, 3.8) is 0 Å². The van der Waals surface area contributed by atoms with E-state index in [0.29, 0.717) is 17.5 Å². The van der Waals surface area contributed by atoms with Crippen molar-refractivity contribution in [2.45, 2.75) is 12.8 Å². The average Bonchev–Trinajstić information content (AvgIpc) is 2.61. The Morgan fingerprint density at radius 1 is 1.08 bits per heavy atom. The SMILES string of the molecule is Fc1cccc(Nc2cnnc(N3CCCc4ccccc43)n2)c1. The number of aromatic nitrogens is 3. The molecular weight excluding hydrogens is 305 g/mol. The number of benzene rings is 2. The molecule has 1 aliphatic rings. The van der Waals surface area contributed by atoms with Gasteiger partial charge < -0.3 is 10.2 Å². The summed E-state index contributed by atoms with van der Waals surface area (Å²) in [7, 11) is 0. The molecule has 1 aliphatic heterocycles. The lowest BCUT2D eigenvalue weighted by Crippen LogP contribution is -2.26. The third-order valence-corrected chi connectivity index (χ3v) is 4.00. The lowest BCUT2D eigenvalue weighted by atomic mass is 10.0. The Morgan fingerprint density at radius 3 is 2.92 bits per heavy atom. The minimum Gasteiger partial charge on any atom is -0.339 e. The van der Waals surface area contributed by atoms with Crippen LogP contribution < -0.4 is 10.2 Å². The van der Waals surface area contributed by atoms with Crippen LogP contribution in [0.2, 0.25) is 0 Å². The number of nitrogens with zero attached hydrogens (tertiary/aromatic N) is 4. The van der Waals surface area contributed by atoms with E-state index < -0.39 is 0 Å². The molecule has 6 heteroatoms. The van der Waals surface area contributed by atoms with E-state index >= 15 is 0 Å². The summed E-state index contributed by atoms with van der Waals surface area (Å²) < 4.78 is 13.3. The molecule has 1 aromatic heterocycles. The van der Waals surface area contributed by atoms with E-state index in [4.69, 9.17) is 0 Å². The number of hydrogen-bond donors (Lipinski definition) is 1. The maximum Gasteiger partial charge on any atom is 0.251 e.